The van der Waals surface area contributed by atoms with Gasteiger partial charge in [-0.05, 0) is 47.7 Å². The van der Waals surface area contributed by atoms with Crippen LogP contribution in [0.5, 0.6) is 0 Å². The molecule has 2 aromatic rings. The average molecular weight is 326 g/mol. The average Bonchev–Trinajstić information content (AvgIpc) is 2.49. The fourth-order valence-electron chi connectivity index (χ4n) is 2.53. The van der Waals surface area contributed by atoms with E-state index in [-0.39, 0.29) is 11.6 Å². The fourth-order valence-corrected chi connectivity index (χ4v) is 7.16. The molecule has 0 N–H and O–H groups in total. The summed E-state index contributed by atoms with van der Waals surface area (Å²) in [7, 11) is -2.70. The molecule has 0 aromatic heterocycles. The zero-order valence-corrected chi connectivity index (χ0v) is 13.9. The van der Waals surface area contributed by atoms with Gasteiger partial charge in [-0.15, -0.1) is 11.1 Å². The first kappa shape index (κ1) is 16.1. The first-order valence-corrected chi connectivity index (χ1v) is 9.94. The van der Waals surface area contributed by atoms with Gasteiger partial charge in [0.25, 0.3) is 7.55 Å². The van der Waals surface area contributed by atoms with Gasteiger partial charge in [0.05, 0.1) is 0 Å². The summed E-state index contributed by atoms with van der Waals surface area (Å²) in [6, 6.07) is 12.6. The topological polar surface area (TPSA) is 3.24 Å². The minimum Gasteiger partial charge on any atom is -0.305 e. The summed E-state index contributed by atoms with van der Waals surface area (Å²) in [5.74, 6) is -0.573. The molecule has 0 bridgehead atoms. The summed E-state index contributed by atoms with van der Waals surface area (Å²) in [5.41, 5.74) is 0. The highest BCUT2D eigenvalue weighted by atomic mass is 35.6. The third-order valence-electron chi connectivity index (χ3n) is 3.65. The van der Waals surface area contributed by atoms with Crippen LogP contribution in [0.3, 0.4) is 0 Å². The molecule has 0 radical (unpaired) electrons. The van der Waals surface area contributed by atoms with E-state index in [1.54, 1.807) is 24.3 Å². The van der Waals surface area contributed by atoms with E-state index in [1.807, 2.05) is 13.8 Å². The molecular weight excluding hydrogens is 308 g/mol. The first-order valence-electron chi connectivity index (χ1n) is 6.98. The van der Waals surface area contributed by atoms with Crippen molar-refractivity contribution in [2.45, 2.75) is 13.8 Å². The van der Waals surface area contributed by atoms with Crippen molar-refractivity contribution in [2.24, 2.45) is 0 Å². The number of hydrogen-bond donors (Lipinski definition) is 0. The van der Waals surface area contributed by atoms with Gasteiger partial charge >= 0.3 is 0 Å². The van der Waals surface area contributed by atoms with Gasteiger partial charge in [0.2, 0.25) is 0 Å². The van der Waals surface area contributed by atoms with Crippen LogP contribution in [-0.2, 0) is 0 Å². The van der Waals surface area contributed by atoms with Crippen molar-refractivity contribution in [3.8, 4) is 0 Å². The molecule has 0 amide bonds. The quantitative estimate of drug-likeness (QED) is 0.603. The predicted molar refractivity (Wildman–Crippen MR) is 86.6 cm³/mol. The summed E-state index contributed by atoms with van der Waals surface area (Å²) >= 11 is 7.08. The van der Waals surface area contributed by atoms with Gasteiger partial charge in [-0.2, -0.15) is 0 Å². The van der Waals surface area contributed by atoms with Crippen LogP contribution in [0.1, 0.15) is 13.8 Å². The van der Waals surface area contributed by atoms with Crippen molar-refractivity contribution in [1.29, 1.82) is 0 Å². The van der Waals surface area contributed by atoms with Gasteiger partial charge in [-0.3, -0.25) is 0 Å². The molecular formula is C16H18ClF2NSi. The van der Waals surface area contributed by atoms with Gasteiger partial charge < -0.3 is 4.57 Å². The Labute approximate surface area is 130 Å². The zero-order chi connectivity index (χ0) is 15.5. The van der Waals surface area contributed by atoms with Crippen LogP contribution in [0.25, 0.3) is 0 Å². The predicted octanol–water partition coefficient (Wildman–Crippen LogP) is 3.10. The molecule has 0 atom stereocenters. The summed E-state index contributed by atoms with van der Waals surface area (Å²) in [5, 5.41) is 1.81. The Morgan fingerprint density at radius 1 is 0.810 bits per heavy atom. The number of nitrogens with zero attached hydrogens (tertiary/aromatic N) is 1. The number of halogens is 3. The lowest BCUT2D eigenvalue weighted by molar-refractivity contribution is 0.486. The van der Waals surface area contributed by atoms with E-state index in [2.05, 4.69) is 4.57 Å². The fraction of sp³-hybridized carbons (Fsp3) is 0.250. The van der Waals surface area contributed by atoms with E-state index in [1.165, 1.54) is 24.3 Å². The van der Waals surface area contributed by atoms with E-state index in [4.69, 9.17) is 11.1 Å². The van der Waals surface area contributed by atoms with E-state index < -0.39 is 7.55 Å². The third kappa shape index (κ3) is 3.17. The van der Waals surface area contributed by atoms with Crippen LogP contribution in [0.15, 0.2) is 48.5 Å². The van der Waals surface area contributed by atoms with Crippen molar-refractivity contribution in [1.82, 2.24) is 4.57 Å². The van der Waals surface area contributed by atoms with Gasteiger partial charge in [0.15, 0.2) is 0 Å². The molecule has 0 heterocycles. The van der Waals surface area contributed by atoms with Gasteiger partial charge in [-0.25, -0.2) is 8.78 Å². The standard InChI is InChI=1S/C16H18ClF2NSi/c1-3-20(4-2)21(17,15-9-5-13(18)6-10-15)16-11-7-14(19)8-12-16/h5-12H,3-4H2,1-2H3. The van der Waals surface area contributed by atoms with Gasteiger partial charge in [-0.1, -0.05) is 38.1 Å². The molecule has 2 rings (SSSR count). The van der Waals surface area contributed by atoms with Gasteiger partial charge in [0, 0.05) is 0 Å². The second-order valence-electron chi connectivity index (χ2n) is 4.81. The first-order chi connectivity index (χ1) is 10.0. The van der Waals surface area contributed by atoms with Crippen molar-refractivity contribution in [2.75, 3.05) is 13.1 Å². The molecule has 0 saturated carbocycles. The monoisotopic (exact) mass is 325 g/mol. The van der Waals surface area contributed by atoms with Crippen LogP contribution in [0.4, 0.5) is 8.78 Å². The third-order valence-corrected chi connectivity index (χ3v) is 9.38. The molecule has 0 aliphatic heterocycles. The lowest BCUT2D eigenvalue weighted by Crippen LogP contribution is -2.66. The Morgan fingerprint density at radius 3 is 1.43 bits per heavy atom. The van der Waals surface area contributed by atoms with Crippen molar-refractivity contribution >= 4 is 29.0 Å². The molecule has 0 spiro atoms. The smallest absolute Gasteiger partial charge is 0.291 e. The highest BCUT2D eigenvalue weighted by Crippen LogP contribution is 2.17. The molecule has 0 unspecified atom stereocenters. The maximum atomic E-state index is 13.2. The van der Waals surface area contributed by atoms with E-state index >= 15 is 0 Å². The van der Waals surface area contributed by atoms with Crippen LogP contribution < -0.4 is 10.4 Å². The highest BCUT2D eigenvalue weighted by Gasteiger charge is 2.41. The van der Waals surface area contributed by atoms with Crippen molar-refractivity contribution in [3.63, 3.8) is 0 Å². The molecule has 112 valence electrons. The lowest BCUT2D eigenvalue weighted by atomic mass is 10.3. The maximum Gasteiger partial charge on any atom is 0.291 e. The number of benzene rings is 2. The highest BCUT2D eigenvalue weighted by molar-refractivity contribution is 7.32. The number of rotatable bonds is 5. The molecule has 0 aliphatic rings. The zero-order valence-electron chi connectivity index (χ0n) is 12.1. The summed E-state index contributed by atoms with van der Waals surface area (Å²) < 4.78 is 28.6. The Morgan fingerprint density at radius 2 is 1.14 bits per heavy atom. The molecule has 0 fully saturated rings. The number of hydrogen-bond acceptors (Lipinski definition) is 1. The minimum atomic E-state index is -2.70. The largest absolute Gasteiger partial charge is 0.305 e. The Kier molecular flexibility index (Phi) is 5.14. The van der Waals surface area contributed by atoms with Crippen LogP contribution in [0, 0.1) is 11.6 Å². The van der Waals surface area contributed by atoms with Gasteiger partial charge in [0.1, 0.15) is 11.6 Å². The van der Waals surface area contributed by atoms with E-state index in [0.29, 0.717) is 0 Å². The Balaban J connectivity index is 2.58. The minimum absolute atomic E-state index is 0.287. The van der Waals surface area contributed by atoms with Crippen LogP contribution >= 0.6 is 11.1 Å². The maximum absolute atomic E-state index is 13.2. The molecule has 5 heteroatoms. The Hall–Kier alpha value is -1.23. The summed E-state index contributed by atoms with van der Waals surface area (Å²) in [6.07, 6.45) is 0. The lowest BCUT2D eigenvalue weighted by Gasteiger charge is -2.36. The normalized spacial score (nSPS) is 11.9. The summed E-state index contributed by atoms with van der Waals surface area (Å²) in [4.78, 5) is 0. The Bertz CT molecular complexity index is 537. The molecule has 0 aliphatic carbocycles. The van der Waals surface area contributed by atoms with Crippen molar-refractivity contribution < 1.29 is 8.78 Å². The molecule has 0 saturated heterocycles. The van der Waals surface area contributed by atoms with Crippen LogP contribution in [-0.4, -0.2) is 25.2 Å². The van der Waals surface area contributed by atoms with Crippen molar-refractivity contribution in [3.05, 3.63) is 60.2 Å². The second kappa shape index (κ2) is 6.69. The summed E-state index contributed by atoms with van der Waals surface area (Å²) in [6.45, 7) is 5.64. The molecule has 2 aromatic carbocycles. The van der Waals surface area contributed by atoms with E-state index in [0.717, 1.165) is 23.5 Å². The second-order valence-corrected chi connectivity index (χ2v) is 9.48. The SMILES string of the molecule is CCN(CC)[Si](Cl)(c1ccc(F)cc1)c1ccc(F)cc1. The molecule has 21 heavy (non-hydrogen) atoms. The molecule has 1 nitrogen and oxygen atoms in total. The van der Waals surface area contributed by atoms with Crippen LogP contribution in [0.2, 0.25) is 0 Å². The van der Waals surface area contributed by atoms with E-state index in [9.17, 15) is 8.78 Å².